The molecule has 0 bridgehead atoms. The third kappa shape index (κ3) is 3.82. The van der Waals surface area contributed by atoms with E-state index in [4.69, 9.17) is 0 Å². The molecule has 0 aromatic rings. The van der Waals surface area contributed by atoms with Gasteiger partial charge in [0.25, 0.3) is 0 Å². The minimum atomic E-state index is 0.508. The maximum absolute atomic E-state index is 3.62. The van der Waals surface area contributed by atoms with Crippen molar-refractivity contribution in [3.05, 3.63) is 0 Å². The molecular formula is C19H38N2. The highest BCUT2D eigenvalue weighted by molar-refractivity contribution is 4.96. The predicted molar refractivity (Wildman–Crippen MR) is 92.6 cm³/mol. The van der Waals surface area contributed by atoms with E-state index >= 15 is 0 Å². The van der Waals surface area contributed by atoms with Gasteiger partial charge in [0.1, 0.15) is 0 Å². The smallest absolute Gasteiger partial charge is 0.0252 e. The fourth-order valence-corrected chi connectivity index (χ4v) is 4.55. The summed E-state index contributed by atoms with van der Waals surface area (Å²) in [7, 11) is 2.17. The minimum Gasteiger partial charge on any atom is -0.315 e. The molecule has 0 radical (unpaired) electrons. The Balaban J connectivity index is 2.04. The largest absolute Gasteiger partial charge is 0.315 e. The van der Waals surface area contributed by atoms with Crippen molar-refractivity contribution in [2.24, 2.45) is 23.2 Å². The summed E-state index contributed by atoms with van der Waals surface area (Å²) in [6, 6.07) is 1.48. The normalized spacial score (nSPS) is 35.6. The monoisotopic (exact) mass is 294 g/mol. The van der Waals surface area contributed by atoms with Crippen LogP contribution < -0.4 is 5.32 Å². The number of likely N-dealkylation sites (N-methyl/N-ethyl adjacent to an activating group) is 1. The molecule has 0 aromatic carbocycles. The molecule has 0 aromatic heterocycles. The average Bonchev–Trinajstić information content (AvgIpc) is 2.96. The van der Waals surface area contributed by atoms with E-state index in [2.05, 4.69) is 51.9 Å². The lowest BCUT2D eigenvalue weighted by atomic mass is 9.67. The van der Waals surface area contributed by atoms with Crippen LogP contribution in [-0.4, -0.2) is 37.1 Å². The van der Waals surface area contributed by atoms with Gasteiger partial charge in [0.2, 0.25) is 0 Å². The molecule has 4 unspecified atom stereocenters. The van der Waals surface area contributed by atoms with Crippen molar-refractivity contribution >= 4 is 0 Å². The van der Waals surface area contributed by atoms with Crippen LogP contribution in [0, 0.1) is 23.2 Å². The maximum atomic E-state index is 3.62. The molecule has 2 fully saturated rings. The van der Waals surface area contributed by atoms with Crippen LogP contribution in [0.15, 0.2) is 0 Å². The Morgan fingerprint density at radius 2 is 1.90 bits per heavy atom. The van der Waals surface area contributed by atoms with Crippen LogP contribution in [0.5, 0.6) is 0 Å². The van der Waals surface area contributed by atoms with Crippen LogP contribution in [0.1, 0.15) is 66.7 Å². The number of hydrogen-bond acceptors (Lipinski definition) is 2. The lowest BCUT2D eigenvalue weighted by Crippen LogP contribution is -2.53. The van der Waals surface area contributed by atoms with E-state index in [1.54, 1.807) is 0 Å². The summed E-state index contributed by atoms with van der Waals surface area (Å²) >= 11 is 0. The van der Waals surface area contributed by atoms with Crippen LogP contribution >= 0.6 is 0 Å². The molecule has 2 heteroatoms. The first-order chi connectivity index (χ1) is 9.89. The summed E-state index contributed by atoms with van der Waals surface area (Å²) in [5, 5.41) is 3.62. The van der Waals surface area contributed by atoms with Crippen LogP contribution in [0.3, 0.4) is 0 Å². The van der Waals surface area contributed by atoms with Crippen molar-refractivity contribution < 1.29 is 0 Å². The molecule has 1 heterocycles. The molecule has 4 atom stereocenters. The van der Waals surface area contributed by atoms with E-state index in [1.165, 1.54) is 45.2 Å². The van der Waals surface area contributed by atoms with Crippen molar-refractivity contribution in [1.82, 2.24) is 10.2 Å². The summed E-state index contributed by atoms with van der Waals surface area (Å²) in [5.74, 6) is 2.66. The molecule has 124 valence electrons. The number of hydrogen-bond donors (Lipinski definition) is 1. The third-order valence-corrected chi connectivity index (χ3v) is 6.87. The molecular weight excluding hydrogens is 256 g/mol. The van der Waals surface area contributed by atoms with Gasteiger partial charge in [0.05, 0.1) is 0 Å². The van der Waals surface area contributed by atoms with Gasteiger partial charge in [0.15, 0.2) is 0 Å². The van der Waals surface area contributed by atoms with Crippen LogP contribution in [0.25, 0.3) is 0 Å². The lowest BCUT2D eigenvalue weighted by Gasteiger charge is -2.46. The van der Waals surface area contributed by atoms with Crippen molar-refractivity contribution in [2.45, 2.75) is 78.8 Å². The lowest BCUT2D eigenvalue weighted by molar-refractivity contribution is 0.0608. The molecule has 1 N–H and O–H groups in total. The molecule has 2 nitrogen and oxygen atoms in total. The zero-order valence-corrected chi connectivity index (χ0v) is 15.3. The summed E-state index contributed by atoms with van der Waals surface area (Å²) in [6.45, 7) is 14.8. The zero-order chi connectivity index (χ0) is 15.6. The first-order valence-corrected chi connectivity index (χ1v) is 9.30. The standard InChI is InChI=1S/C19H38N2/c1-7-19(4,5)16-8-9-17(20-6)18(12-16)21-11-10-15(13-21)14(2)3/h14-18,20H,7-13H2,1-6H3. The summed E-state index contributed by atoms with van der Waals surface area (Å²) < 4.78 is 0. The molecule has 1 saturated heterocycles. The first-order valence-electron chi connectivity index (χ1n) is 9.30. The Kier molecular flexibility index (Phi) is 5.76. The van der Waals surface area contributed by atoms with E-state index in [1.807, 2.05) is 0 Å². The topological polar surface area (TPSA) is 15.3 Å². The SMILES string of the molecule is CCC(C)(C)C1CCC(NC)C(N2CCC(C(C)C)C2)C1. The maximum Gasteiger partial charge on any atom is 0.0252 e. The summed E-state index contributed by atoms with van der Waals surface area (Å²) in [4.78, 5) is 2.82. The van der Waals surface area contributed by atoms with Gasteiger partial charge in [-0.15, -0.1) is 0 Å². The predicted octanol–water partition coefficient (Wildman–Crippen LogP) is 4.16. The van der Waals surface area contributed by atoms with E-state index < -0.39 is 0 Å². The van der Waals surface area contributed by atoms with Crippen molar-refractivity contribution in [3.8, 4) is 0 Å². The van der Waals surface area contributed by atoms with Crippen molar-refractivity contribution in [1.29, 1.82) is 0 Å². The Labute approximate surface area is 133 Å². The molecule has 0 spiro atoms. The fraction of sp³-hybridized carbons (Fsp3) is 1.00. The number of nitrogens with zero attached hydrogens (tertiary/aromatic N) is 1. The Morgan fingerprint density at radius 1 is 1.19 bits per heavy atom. The van der Waals surface area contributed by atoms with Gasteiger partial charge in [-0.2, -0.15) is 0 Å². The second-order valence-electron chi connectivity index (χ2n) is 8.60. The second-order valence-corrected chi connectivity index (χ2v) is 8.60. The van der Waals surface area contributed by atoms with Gasteiger partial charge < -0.3 is 5.32 Å². The quantitative estimate of drug-likeness (QED) is 0.819. The fourth-order valence-electron chi connectivity index (χ4n) is 4.55. The highest BCUT2D eigenvalue weighted by Gasteiger charge is 2.41. The average molecular weight is 295 g/mol. The molecule has 2 aliphatic rings. The molecule has 2 rings (SSSR count). The van der Waals surface area contributed by atoms with Gasteiger partial charge in [-0.1, -0.05) is 41.0 Å². The Morgan fingerprint density at radius 3 is 2.43 bits per heavy atom. The van der Waals surface area contributed by atoms with E-state index in [0.29, 0.717) is 11.5 Å². The third-order valence-electron chi connectivity index (χ3n) is 6.87. The van der Waals surface area contributed by atoms with Crippen LogP contribution in [0.2, 0.25) is 0 Å². The van der Waals surface area contributed by atoms with Crippen molar-refractivity contribution in [3.63, 3.8) is 0 Å². The van der Waals surface area contributed by atoms with Gasteiger partial charge >= 0.3 is 0 Å². The van der Waals surface area contributed by atoms with E-state index in [0.717, 1.165) is 23.8 Å². The van der Waals surface area contributed by atoms with E-state index in [-0.39, 0.29) is 0 Å². The van der Waals surface area contributed by atoms with Gasteiger partial charge in [-0.05, 0) is 62.4 Å². The molecule has 0 amide bonds. The van der Waals surface area contributed by atoms with Crippen molar-refractivity contribution in [2.75, 3.05) is 20.1 Å². The Bertz CT molecular complexity index is 324. The number of nitrogens with one attached hydrogen (secondary N) is 1. The zero-order valence-electron chi connectivity index (χ0n) is 15.3. The van der Waals surface area contributed by atoms with E-state index in [9.17, 15) is 0 Å². The Hall–Kier alpha value is -0.0800. The molecule has 1 saturated carbocycles. The van der Waals surface area contributed by atoms with Gasteiger partial charge in [-0.25, -0.2) is 0 Å². The van der Waals surface area contributed by atoms with Gasteiger partial charge in [-0.3, -0.25) is 4.90 Å². The highest BCUT2D eigenvalue weighted by atomic mass is 15.2. The second kappa shape index (κ2) is 7.00. The summed E-state index contributed by atoms with van der Waals surface area (Å²) in [6.07, 6.45) is 6.88. The molecule has 1 aliphatic carbocycles. The first kappa shape index (κ1) is 17.3. The van der Waals surface area contributed by atoms with Gasteiger partial charge in [0, 0.05) is 18.6 Å². The number of rotatable bonds is 5. The van der Waals surface area contributed by atoms with Crippen LogP contribution in [0.4, 0.5) is 0 Å². The molecule has 1 aliphatic heterocycles. The summed E-state index contributed by atoms with van der Waals surface area (Å²) in [5.41, 5.74) is 0.508. The highest BCUT2D eigenvalue weighted by Crippen LogP contribution is 2.42. The minimum absolute atomic E-state index is 0.508. The van der Waals surface area contributed by atoms with Crippen LogP contribution in [-0.2, 0) is 0 Å². The molecule has 21 heavy (non-hydrogen) atoms. The number of likely N-dealkylation sites (tertiary alicyclic amines) is 1.